The molecule has 3 saturated heterocycles. The van der Waals surface area contributed by atoms with Crippen LogP contribution in [0.2, 0.25) is 0 Å². The molecule has 4 nitrogen and oxygen atoms in total. The first kappa shape index (κ1) is 28.1. The molecule has 0 aliphatic carbocycles. The highest BCUT2D eigenvalue weighted by Crippen LogP contribution is 2.62. The second-order valence-corrected chi connectivity index (χ2v) is 15.9. The normalized spacial score (nSPS) is 37.4. The van der Waals surface area contributed by atoms with Crippen molar-refractivity contribution < 1.29 is 18.8 Å². The lowest BCUT2D eigenvalue weighted by atomic mass is 9.67. The van der Waals surface area contributed by atoms with Gasteiger partial charge in [-0.25, -0.2) is 9.28 Å². The van der Waals surface area contributed by atoms with Gasteiger partial charge < -0.3 is 9.47 Å². The molecule has 4 heteroatoms. The van der Waals surface area contributed by atoms with Crippen molar-refractivity contribution in [1.82, 2.24) is 0 Å². The van der Waals surface area contributed by atoms with Crippen molar-refractivity contribution in [2.45, 2.75) is 158 Å². The summed E-state index contributed by atoms with van der Waals surface area (Å²) in [5.74, 6) is 0.395. The van der Waals surface area contributed by atoms with Crippen LogP contribution in [-0.2, 0) is 14.3 Å². The first-order valence-electron chi connectivity index (χ1n) is 13.9. The SMILES string of the molecule is CCC(C)(C)C(CC(C)(C)C1(C)OC1CC(C)(C)C)OC1(C)C(CC(C)(C)C)[N+]12CCCC2=O. The van der Waals surface area contributed by atoms with E-state index in [0.29, 0.717) is 22.9 Å². The van der Waals surface area contributed by atoms with Gasteiger partial charge in [-0.15, -0.1) is 0 Å². The van der Waals surface area contributed by atoms with E-state index in [2.05, 4.69) is 90.0 Å². The Morgan fingerprint density at radius 3 is 2.00 bits per heavy atom. The van der Waals surface area contributed by atoms with Gasteiger partial charge in [0.15, 0.2) is 6.04 Å². The second kappa shape index (κ2) is 8.28. The first-order chi connectivity index (χ1) is 15.2. The number of carbonyl (C=O) groups is 1. The van der Waals surface area contributed by atoms with Crippen LogP contribution >= 0.6 is 0 Å². The van der Waals surface area contributed by atoms with Crippen LogP contribution in [0.5, 0.6) is 0 Å². The molecule has 6 unspecified atom stereocenters. The smallest absolute Gasteiger partial charge is 0.316 e. The summed E-state index contributed by atoms with van der Waals surface area (Å²) in [6.07, 6.45) is 6.15. The van der Waals surface area contributed by atoms with E-state index < -0.39 is 5.72 Å². The molecule has 3 aliphatic rings. The van der Waals surface area contributed by atoms with Crippen molar-refractivity contribution in [1.29, 1.82) is 0 Å². The molecule has 0 radical (unpaired) electrons. The monoisotopic (exact) mass is 478 g/mol. The van der Waals surface area contributed by atoms with Crippen LogP contribution in [-0.4, -0.2) is 46.5 Å². The van der Waals surface area contributed by atoms with E-state index in [1.165, 1.54) is 0 Å². The van der Waals surface area contributed by atoms with Crippen molar-refractivity contribution in [2.75, 3.05) is 6.54 Å². The number of ether oxygens (including phenoxy) is 2. The molecule has 0 aromatic rings. The minimum atomic E-state index is -0.413. The molecule has 0 bridgehead atoms. The number of quaternary nitrogens is 1. The zero-order valence-corrected chi connectivity index (χ0v) is 24.9. The molecular weight excluding hydrogens is 422 g/mol. The number of epoxide rings is 1. The summed E-state index contributed by atoms with van der Waals surface area (Å²) >= 11 is 0. The fraction of sp³-hybridized carbons (Fsp3) is 0.967. The van der Waals surface area contributed by atoms with E-state index in [1.54, 1.807) is 0 Å². The van der Waals surface area contributed by atoms with Crippen LogP contribution in [0.15, 0.2) is 0 Å². The summed E-state index contributed by atoms with van der Waals surface area (Å²) in [6, 6.07) is 0.266. The summed E-state index contributed by atoms with van der Waals surface area (Å²) in [5.41, 5.74) is -0.117. The third-order valence-corrected chi connectivity index (χ3v) is 9.97. The standard InChI is InChI=1S/C30H56NO3/c1-14-27(8,9)22(20-28(10,11)29(12)23(33-29)19-26(5,6)7)34-30(13)21(18-25(2,3)4)31(30)17-15-16-24(31)32/h21-23H,14-20H2,1-13H3/q+1. The van der Waals surface area contributed by atoms with Crippen LogP contribution in [0.25, 0.3) is 0 Å². The van der Waals surface area contributed by atoms with Crippen molar-refractivity contribution in [3.63, 3.8) is 0 Å². The van der Waals surface area contributed by atoms with E-state index in [4.69, 9.17) is 9.47 Å². The van der Waals surface area contributed by atoms with E-state index in [1.807, 2.05) is 0 Å². The Bertz CT molecular complexity index is 788. The predicted octanol–water partition coefficient (Wildman–Crippen LogP) is 7.49. The zero-order valence-electron chi connectivity index (χ0n) is 24.9. The number of hydrogen-bond acceptors (Lipinski definition) is 3. The fourth-order valence-electron chi connectivity index (χ4n) is 6.68. The molecule has 1 spiro atoms. The highest BCUT2D eigenvalue weighted by molar-refractivity contribution is 5.73. The molecule has 3 heterocycles. The molecular formula is C30H56NO3+. The van der Waals surface area contributed by atoms with Gasteiger partial charge in [0.25, 0.3) is 5.72 Å². The molecule has 34 heavy (non-hydrogen) atoms. The molecule has 3 fully saturated rings. The Morgan fingerprint density at radius 2 is 1.56 bits per heavy atom. The lowest BCUT2D eigenvalue weighted by Gasteiger charge is -2.41. The van der Waals surface area contributed by atoms with Gasteiger partial charge in [0.2, 0.25) is 0 Å². The Balaban J connectivity index is 1.87. The molecule has 0 aromatic carbocycles. The maximum atomic E-state index is 13.3. The fourth-order valence-corrected chi connectivity index (χ4v) is 6.68. The second-order valence-electron chi connectivity index (χ2n) is 15.9. The molecule has 0 saturated carbocycles. The van der Waals surface area contributed by atoms with Gasteiger partial charge >= 0.3 is 5.91 Å². The topological polar surface area (TPSA) is 38.8 Å². The highest BCUT2D eigenvalue weighted by Gasteiger charge is 2.83. The van der Waals surface area contributed by atoms with Crippen molar-refractivity contribution in [3.8, 4) is 0 Å². The first-order valence-corrected chi connectivity index (χ1v) is 13.9. The zero-order chi connectivity index (χ0) is 26.2. The molecule has 198 valence electrons. The van der Waals surface area contributed by atoms with Gasteiger partial charge in [0.05, 0.1) is 30.8 Å². The van der Waals surface area contributed by atoms with Crippen LogP contribution in [0, 0.1) is 21.7 Å². The summed E-state index contributed by atoms with van der Waals surface area (Å²) in [4.78, 5) is 13.3. The number of amides is 1. The van der Waals surface area contributed by atoms with E-state index in [0.717, 1.165) is 38.6 Å². The van der Waals surface area contributed by atoms with Crippen LogP contribution in [0.1, 0.15) is 129 Å². The van der Waals surface area contributed by atoms with E-state index >= 15 is 0 Å². The quantitative estimate of drug-likeness (QED) is 0.254. The third kappa shape index (κ3) is 4.77. The predicted molar refractivity (Wildman–Crippen MR) is 140 cm³/mol. The number of hydrogen-bond donors (Lipinski definition) is 0. The van der Waals surface area contributed by atoms with Gasteiger partial charge in [-0.3, -0.25) is 0 Å². The summed E-state index contributed by atoms with van der Waals surface area (Å²) in [5, 5.41) is 0. The Labute approximate surface area is 211 Å². The largest absolute Gasteiger partial charge is 0.366 e. The Kier molecular flexibility index (Phi) is 6.85. The van der Waals surface area contributed by atoms with E-state index in [9.17, 15) is 4.79 Å². The van der Waals surface area contributed by atoms with Crippen molar-refractivity contribution in [3.05, 3.63) is 0 Å². The molecule has 3 aliphatic heterocycles. The van der Waals surface area contributed by atoms with E-state index in [-0.39, 0.29) is 39.4 Å². The molecule has 3 rings (SSSR count). The number of nitrogens with zero attached hydrogens (tertiary/aromatic N) is 1. The lowest BCUT2D eigenvalue weighted by molar-refractivity contribution is -0.775. The maximum absolute atomic E-state index is 13.3. The highest BCUT2D eigenvalue weighted by atomic mass is 16.6. The lowest BCUT2D eigenvalue weighted by Crippen LogP contribution is -2.46. The summed E-state index contributed by atoms with van der Waals surface area (Å²) < 4.78 is 14.2. The average molecular weight is 479 g/mol. The van der Waals surface area contributed by atoms with Crippen LogP contribution in [0.4, 0.5) is 0 Å². The third-order valence-electron chi connectivity index (χ3n) is 9.97. The minimum Gasteiger partial charge on any atom is -0.366 e. The van der Waals surface area contributed by atoms with Gasteiger partial charge in [0.1, 0.15) is 0 Å². The van der Waals surface area contributed by atoms with Crippen molar-refractivity contribution >= 4 is 5.91 Å². The van der Waals surface area contributed by atoms with Gasteiger partial charge in [-0.2, -0.15) is 0 Å². The van der Waals surface area contributed by atoms with Gasteiger partial charge in [-0.1, -0.05) is 76.2 Å². The molecule has 1 amide bonds. The minimum absolute atomic E-state index is 0.0205. The molecule has 0 aromatic heterocycles. The number of carbonyl (C=O) groups excluding carboxylic acids is 1. The van der Waals surface area contributed by atoms with Gasteiger partial charge in [-0.05, 0) is 47.8 Å². The maximum Gasteiger partial charge on any atom is 0.316 e. The van der Waals surface area contributed by atoms with Crippen LogP contribution in [0.3, 0.4) is 0 Å². The average Bonchev–Trinajstić information content (AvgIpc) is 3.34. The summed E-state index contributed by atoms with van der Waals surface area (Å²) in [7, 11) is 0. The Hall–Kier alpha value is -0.450. The van der Waals surface area contributed by atoms with Crippen molar-refractivity contribution in [2.24, 2.45) is 21.7 Å². The molecule has 0 N–H and O–H groups in total. The summed E-state index contributed by atoms with van der Waals surface area (Å²) in [6.45, 7) is 31.0. The number of rotatable bonds is 9. The molecule has 6 atom stereocenters. The Morgan fingerprint density at radius 1 is 1.00 bits per heavy atom. The van der Waals surface area contributed by atoms with Gasteiger partial charge in [0, 0.05) is 19.8 Å². The van der Waals surface area contributed by atoms with Crippen LogP contribution < -0.4 is 0 Å².